The van der Waals surface area contributed by atoms with Gasteiger partial charge in [0, 0.05) is 5.56 Å². The molecule has 1 heterocycles. The number of rotatable bonds is 0. The van der Waals surface area contributed by atoms with Gasteiger partial charge in [0.25, 0.3) is 0 Å². The summed E-state index contributed by atoms with van der Waals surface area (Å²) >= 11 is 0. The first kappa shape index (κ1) is 9.78. The Morgan fingerprint density at radius 1 is 1.27 bits per heavy atom. The van der Waals surface area contributed by atoms with Crippen molar-refractivity contribution in [1.29, 1.82) is 0 Å². The number of ether oxygens (including phenoxy) is 1. The molecule has 0 bridgehead atoms. The number of fused-ring (bicyclic) bond motifs is 1. The third-order valence-electron chi connectivity index (χ3n) is 2.37. The molecular formula is C14H14O. The van der Waals surface area contributed by atoms with Crippen LogP contribution >= 0.6 is 0 Å². The molecule has 1 aliphatic heterocycles. The Kier molecular flexibility index (Phi) is 2.72. The van der Waals surface area contributed by atoms with Crippen LogP contribution in [0.25, 0.3) is 5.57 Å². The van der Waals surface area contributed by atoms with Crippen molar-refractivity contribution in [2.75, 3.05) is 6.61 Å². The van der Waals surface area contributed by atoms with E-state index in [4.69, 9.17) is 4.74 Å². The van der Waals surface area contributed by atoms with Gasteiger partial charge in [-0.25, -0.2) is 0 Å². The van der Waals surface area contributed by atoms with Crippen molar-refractivity contribution in [3.63, 3.8) is 0 Å². The first-order chi connectivity index (χ1) is 7.27. The first-order valence-corrected chi connectivity index (χ1v) is 5.02. The second kappa shape index (κ2) is 4.18. The molecule has 1 aromatic rings. The van der Waals surface area contributed by atoms with Crippen molar-refractivity contribution in [2.24, 2.45) is 0 Å². The summed E-state index contributed by atoms with van der Waals surface area (Å²) in [6, 6.07) is 7.99. The molecule has 2 rings (SSSR count). The molecule has 1 aromatic carbocycles. The first-order valence-electron chi connectivity index (χ1n) is 5.02. The maximum atomic E-state index is 5.72. The SMILES string of the molecule is C=C1/C=C\C=C(\C)COc2ccccc21. The quantitative estimate of drug-likeness (QED) is 0.619. The van der Waals surface area contributed by atoms with Crippen LogP contribution in [-0.2, 0) is 0 Å². The van der Waals surface area contributed by atoms with E-state index >= 15 is 0 Å². The maximum Gasteiger partial charge on any atom is 0.127 e. The molecule has 0 saturated heterocycles. The topological polar surface area (TPSA) is 9.23 Å². The summed E-state index contributed by atoms with van der Waals surface area (Å²) in [5.41, 5.74) is 3.25. The Labute approximate surface area is 90.4 Å². The summed E-state index contributed by atoms with van der Waals surface area (Å²) in [5.74, 6) is 0.904. The lowest BCUT2D eigenvalue weighted by Gasteiger charge is -2.10. The van der Waals surface area contributed by atoms with Crippen LogP contribution in [0.15, 0.2) is 54.6 Å². The molecule has 0 saturated carbocycles. The molecule has 0 fully saturated rings. The predicted molar refractivity (Wildman–Crippen MR) is 63.9 cm³/mol. The van der Waals surface area contributed by atoms with Crippen LogP contribution in [0.4, 0.5) is 0 Å². The highest BCUT2D eigenvalue weighted by molar-refractivity contribution is 5.76. The molecule has 0 unspecified atom stereocenters. The van der Waals surface area contributed by atoms with Gasteiger partial charge in [0.05, 0.1) is 0 Å². The Bertz CT molecular complexity index is 438. The van der Waals surface area contributed by atoms with Gasteiger partial charge < -0.3 is 4.74 Å². The van der Waals surface area contributed by atoms with E-state index in [0.29, 0.717) is 6.61 Å². The van der Waals surface area contributed by atoms with Crippen molar-refractivity contribution in [3.05, 3.63) is 60.2 Å². The number of hydrogen-bond donors (Lipinski definition) is 0. The molecule has 0 N–H and O–H groups in total. The zero-order valence-electron chi connectivity index (χ0n) is 8.86. The van der Waals surface area contributed by atoms with Crippen LogP contribution < -0.4 is 4.74 Å². The highest BCUT2D eigenvalue weighted by atomic mass is 16.5. The lowest BCUT2D eigenvalue weighted by molar-refractivity contribution is 0.351. The number of hydrogen-bond acceptors (Lipinski definition) is 1. The van der Waals surface area contributed by atoms with Crippen molar-refractivity contribution in [1.82, 2.24) is 0 Å². The summed E-state index contributed by atoms with van der Waals surface area (Å²) in [6.07, 6.45) is 6.08. The predicted octanol–water partition coefficient (Wildman–Crippen LogP) is 3.59. The van der Waals surface area contributed by atoms with Gasteiger partial charge in [0.2, 0.25) is 0 Å². The van der Waals surface area contributed by atoms with Crippen LogP contribution in [0.5, 0.6) is 5.75 Å². The van der Waals surface area contributed by atoms with Crippen LogP contribution in [0.2, 0.25) is 0 Å². The van der Waals surface area contributed by atoms with Crippen LogP contribution in [0.3, 0.4) is 0 Å². The molecule has 0 amide bonds. The monoisotopic (exact) mass is 198 g/mol. The highest BCUT2D eigenvalue weighted by Gasteiger charge is 2.05. The highest BCUT2D eigenvalue weighted by Crippen LogP contribution is 2.26. The van der Waals surface area contributed by atoms with E-state index in [2.05, 4.69) is 19.6 Å². The van der Waals surface area contributed by atoms with Crippen molar-refractivity contribution >= 4 is 5.57 Å². The van der Waals surface area contributed by atoms with E-state index in [9.17, 15) is 0 Å². The average Bonchev–Trinajstić information content (AvgIpc) is 2.32. The largest absolute Gasteiger partial charge is 0.489 e. The fourth-order valence-electron chi connectivity index (χ4n) is 1.52. The second-order valence-electron chi connectivity index (χ2n) is 3.68. The lowest BCUT2D eigenvalue weighted by atomic mass is 10.1. The Balaban J connectivity index is 2.44. The van der Waals surface area contributed by atoms with Crippen molar-refractivity contribution in [3.8, 4) is 5.75 Å². The second-order valence-corrected chi connectivity index (χ2v) is 3.68. The van der Waals surface area contributed by atoms with Crippen LogP contribution in [0.1, 0.15) is 12.5 Å². The third-order valence-corrected chi connectivity index (χ3v) is 2.37. The Hall–Kier alpha value is -1.76. The fraction of sp³-hybridized carbons (Fsp3) is 0.143. The lowest BCUT2D eigenvalue weighted by Crippen LogP contribution is -1.99. The van der Waals surface area contributed by atoms with Gasteiger partial charge >= 0.3 is 0 Å². The van der Waals surface area contributed by atoms with Crippen LogP contribution in [-0.4, -0.2) is 6.61 Å². The Morgan fingerprint density at radius 2 is 2.07 bits per heavy atom. The molecule has 0 atom stereocenters. The minimum absolute atomic E-state index is 0.634. The molecule has 0 aromatic heterocycles. The van der Waals surface area contributed by atoms with Crippen molar-refractivity contribution < 1.29 is 4.74 Å². The maximum absolute atomic E-state index is 5.72. The zero-order chi connectivity index (χ0) is 10.7. The molecule has 0 spiro atoms. The van der Waals surface area contributed by atoms with E-state index in [0.717, 1.165) is 16.9 Å². The molecule has 0 radical (unpaired) electrons. The zero-order valence-corrected chi connectivity index (χ0v) is 8.86. The fourth-order valence-corrected chi connectivity index (χ4v) is 1.52. The molecule has 1 aliphatic rings. The summed E-state index contributed by atoms with van der Waals surface area (Å²) < 4.78 is 5.72. The molecule has 76 valence electrons. The van der Waals surface area contributed by atoms with Gasteiger partial charge in [-0.05, 0) is 24.1 Å². The summed E-state index contributed by atoms with van der Waals surface area (Å²) in [4.78, 5) is 0. The van der Waals surface area contributed by atoms with E-state index in [1.54, 1.807) is 0 Å². The summed E-state index contributed by atoms with van der Waals surface area (Å²) in [5, 5.41) is 0. The number of para-hydroxylation sites is 1. The minimum atomic E-state index is 0.634. The Morgan fingerprint density at radius 3 is 2.93 bits per heavy atom. The van der Waals surface area contributed by atoms with Crippen LogP contribution in [0, 0.1) is 0 Å². The van der Waals surface area contributed by atoms with Gasteiger partial charge in [-0.2, -0.15) is 0 Å². The summed E-state index contributed by atoms with van der Waals surface area (Å²) in [6.45, 7) is 6.72. The van der Waals surface area contributed by atoms with Gasteiger partial charge in [-0.15, -0.1) is 0 Å². The smallest absolute Gasteiger partial charge is 0.127 e. The molecule has 1 nitrogen and oxygen atoms in total. The molecular weight excluding hydrogens is 184 g/mol. The van der Waals surface area contributed by atoms with E-state index in [1.165, 1.54) is 5.57 Å². The number of allylic oxidation sites excluding steroid dienone is 4. The molecule has 0 aliphatic carbocycles. The standard InChI is InChI=1S/C14H14O/c1-11-6-5-7-12(2)13-8-3-4-9-14(13)15-10-11/h3-9H,2,10H2,1H3/b7-5-,11-6-. The van der Waals surface area contributed by atoms with Gasteiger partial charge in [0.1, 0.15) is 12.4 Å². The van der Waals surface area contributed by atoms with Crippen molar-refractivity contribution in [2.45, 2.75) is 6.92 Å². The van der Waals surface area contributed by atoms with Gasteiger partial charge in [0.15, 0.2) is 0 Å². The summed E-state index contributed by atoms with van der Waals surface area (Å²) in [7, 11) is 0. The average molecular weight is 198 g/mol. The van der Waals surface area contributed by atoms with E-state index < -0.39 is 0 Å². The minimum Gasteiger partial charge on any atom is -0.489 e. The van der Waals surface area contributed by atoms with Gasteiger partial charge in [-0.1, -0.05) is 43.0 Å². The number of benzene rings is 1. The normalized spacial score (nSPS) is 21.1. The van der Waals surface area contributed by atoms with E-state index in [1.807, 2.05) is 36.4 Å². The molecule has 15 heavy (non-hydrogen) atoms. The van der Waals surface area contributed by atoms with E-state index in [-0.39, 0.29) is 0 Å². The molecule has 1 heteroatoms. The van der Waals surface area contributed by atoms with Gasteiger partial charge in [-0.3, -0.25) is 0 Å². The third kappa shape index (κ3) is 2.18.